The van der Waals surface area contributed by atoms with Gasteiger partial charge >= 0.3 is 10.4 Å². The summed E-state index contributed by atoms with van der Waals surface area (Å²) in [6.45, 7) is 0. The Balaban J connectivity index is 2.31. The lowest BCUT2D eigenvalue weighted by Crippen LogP contribution is -2.28. The standard InChI is InChI=1S/C7H8N2O5S/c1-12-7-5-3-2-4-6(7)9-8-13-15(10,11)14-9/h2-5,8H,1H3. The number of nitrogens with zero attached hydrogens (tertiary/aromatic N) is 1. The van der Waals surface area contributed by atoms with E-state index in [1.165, 1.54) is 7.11 Å². The fraction of sp³-hybridized carbons (Fsp3) is 0.143. The first-order chi connectivity index (χ1) is 7.12. The Morgan fingerprint density at radius 1 is 1.40 bits per heavy atom. The van der Waals surface area contributed by atoms with Gasteiger partial charge in [-0.05, 0) is 12.1 Å². The predicted octanol–water partition coefficient (Wildman–Crippen LogP) is 0.128. The lowest BCUT2D eigenvalue weighted by molar-refractivity contribution is 0.196. The lowest BCUT2D eigenvalue weighted by Gasteiger charge is -2.14. The Morgan fingerprint density at radius 2 is 2.13 bits per heavy atom. The van der Waals surface area contributed by atoms with Crippen LogP contribution in [0.4, 0.5) is 5.69 Å². The summed E-state index contributed by atoms with van der Waals surface area (Å²) in [6, 6.07) is 6.71. The van der Waals surface area contributed by atoms with Crippen LogP contribution in [0.15, 0.2) is 24.3 Å². The molecular formula is C7H8N2O5S. The Morgan fingerprint density at radius 3 is 2.73 bits per heavy atom. The number of rotatable bonds is 2. The van der Waals surface area contributed by atoms with Crippen LogP contribution in [0, 0.1) is 0 Å². The van der Waals surface area contributed by atoms with Crippen LogP contribution in [0.3, 0.4) is 0 Å². The minimum atomic E-state index is -4.01. The van der Waals surface area contributed by atoms with Gasteiger partial charge in [0.15, 0.2) is 0 Å². The largest absolute Gasteiger partial charge is 0.494 e. The Labute approximate surface area is 86.4 Å². The molecule has 1 heterocycles. The van der Waals surface area contributed by atoms with Crippen LogP contribution in [-0.2, 0) is 19.0 Å². The second-order valence-electron chi connectivity index (χ2n) is 2.62. The number of hydrogen-bond donors (Lipinski definition) is 1. The molecule has 1 aromatic rings. The zero-order valence-corrected chi connectivity index (χ0v) is 8.52. The van der Waals surface area contributed by atoms with Crippen molar-refractivity contribution in [2.45, 2.75) is 0 Å². The molecule has 0 unspecified atom stereocenters. The molecule has 0 bridgehead atoms. The molecule has 0 aliphatic carbocycles. The third kappa shape index (κ3) is 2.02. The average Bonchev–Trinajstić information content (AvgIpc) is 2.59. The first-order valence-electron chi connectivity index (χ1n) is 3.94. The molecule has 0 radical (unpaired) electrons. The van der Waals surface area contributed by atoms with E-state index in [1.54, 1.807) is 24.3 Å². The van der Waals surface area contributed by atoms with Crippen molar-refractivity contribution in [2.75, 3.05) is 12.3 Å². The number of ether oxygens (including phenoxy) is 1. The lowest BCUT2D eigenvalue weighted by atomic mass is 10.3. The van der Waals surface area contributed by atoms with Crippen LogP contribution >= 0.6 is 0 Å². The SMILES string of the molecule is COc1ccccc1N1NOS(=O)(=O)O1. The molecule has 1 aliphatic rings. The highest BCUT2D eigenvalue weighted by molar-refractivity contribution is 7.82. The van der Waals surface area contributed by atoms with Gasteiger partial charge in [-0.15, -0.1) is 13.7 Å². The molecule has 0 atom stereocenters. The monoisotopic (exact) mass is 232 g/mol. The molecule has 2 rings (SSSR count). The highest BCUT2D eigenvalue weighted by Crippen LogP contribution is 2.29. The van der Waals surface area contributed by atoms with Crippen LogP contribution in [0.2, 0.25) is 0 Å². The molecule has 1 saturated heterocycles. The Bertz CT molecular complexity index is 460. The zero-order valence-electron chi connectivity index (χ0n) is 7.71. The third-order valence-corrected chi connectivity index (χ3v) is 2.30. The number of nitrogens with one attached hydrogen (secondary N) is 1. The number of para-hydroxylation sites is 2. The van der Waals surface area contributed by atoms with Crippen LogP contribution in [0.1, 0.15) is 0 Å². The number of methoxy groups -OCH3 is 1. The average molecular weight is 232 g/mol. The molecule has 82 valence electrons. The molecule has 0 aromatic heterocycles. The molecule has 7 nitrogen and oxygen atoms in total. The highest BCUT2D eigenvalue weighted by atomic mass is 32.3. The summed E-state index contributed by atoms with van der Waals surface area (Å²) >= 11 is 0. The second kappa shape index (κ2) is 3.66. The van der Waals surface area contributed by atoms with E-state index in [0.29, 0.717) is 11.4 Å². The number of hydrogen-bond acceptors (Lipinski definition) is 7. The van der Waals surface area contributed by atoms with E-state index in [9.17, 15) is 8.42 Å². The first-order valence-corrected chi connectivity index (χ1v) is 5.27. The van der Waals surface area contributed by atoms with Crippen molar-refractivity contribution in [3.05, 3.63) is 24.3 Å². The van der Waals surface area contributed by atoms with Gasteiger partial charge in [-0.3, -0.25) is 0 Å². The summed E-state index contributed by atoms with van der Waals surface area (Å²) in [6.07, 6.45) is 0. The van der Waals surface area contributed by atoms with Crippen LogP contribution in [-0.4, -0.2) is 15.5 Å². The van der Waals surface area contributed by atoms with E-state index in [1.807, 2.05) is 0 Å². The minimum absolute atomic E-state index is 0.390. The first kappa shape index (κ1) is 10.2. The number of anilines is 1. The quantitative estimate of drug-likeness (QED) is 0.776. The van der Waals surface area contributed by atoms with Gasteiger partial charge in [0, 0.05) is 0 Å². The van der Waals surface area contributed by atoms with Crippen molar-refractivity contribution in [3.8, 4) is 5.75 Å². The summed E-state index contributed by atoms with van der Waals surface area (Å²) < 4.78 is 35.3. The number of hydrazine groups is 1. The maximum atomic E-state index is 10.8. The van der Waals surface area contributed by atoms with Crippen LogP contribution < -0.4 is 15.5 Å². The summed E-state index contributed by atoms with van der Waals surface area (Å²) in [5.41, 5.74) is 2.47. The second-order valence-corrected chi connectivity index (χ2v) is 3.76. The molecule has 0 saturated carbocycles. The van der Waals surface area contributed by atoms with Crippen molar-refractivity contribution >= 4 is 16.1 Å². The maximum Gasteiger partial charge on any atom is 0.440 e. The summed E-state index contributed by atoms with van der Waals surface area (Å²) in [4.78, 5) is 0. The van der Waals surface area contributed by atoms with Crippen LogP contribution in [0.5, 0.6) is 5.75 Å². The van der Waals surface area contributed by atoms with E-state index < -0.39 is 10.4 Å². The van der Waals surface area contributed by atoms with Gasteiger partial charge in [-0.2, -0.15) is 8.42 Å². The molecule has 1 aliphatic heterocycles. The van der Waals surface area contributed by atoms with Gasteiger partial charge in [-0.1, -0.05) is 17.7 Å². The maximum absolute atomic E-state index is 10.8. The summed E-state index contributed by atoms with van der Waals surface area (Å²) in [5, 5.41) is 0.855. The molecule has 0 amide bonds. The van der Waals surface area contributed by atoms with Crippen molar-refractivity contribution in [1.82, 2.24) is 5.59 Å². The summed E-state index contributed by atoms with van der Waals surface area (Å²) in [5.74, 6) is 0.450. The minimum Gasteiger partial charge on any atom is -0.494 e. The van der Waals surface area contributed by atoms with E-state index in [0.717, 1.165) is 5.17 Å². The van der Waals surface area contributed by atoms with Gasteiger partial charge < -0.3 is 4.74 Å². The van der Waals surface area contributed by atoms with Gasteiger partial charge in [-0.25, -0.2) is 0 Å². The number of benzene rings is 1. The molecule has 15 heavy (non-hydrogen) atoms. The van der Waals surface area contributed by atoms with E-state index in [-0.39, 0.29) is 0 Å². The fourth-order valence-electron chi connectivity index (χ4n) is 1.09. The van der Waals surface area contributed by atoms with Crippen molar-refractivity contribution in [2.24, 2.45) is 0 Å². The Kier molecular flexibility index (Phi) is 2.49. The highest BCUT2D eigenvalue weighted by Gasteiger charge is 2.30. The van der Waals surface area contributed by atoms with Crippen LogP contribution in [0.25, 0.3) is 0 Å². The molecule has 1 N–H and O–H groups in total. The van der Waals surface area contributed by atoms with E-state index in [4.69, 9.17) is 4.74 Å². The molecule has 0 spiro atoms. The van der Waals surface area contributed by atoms with Crippen molar-refractivity contribution in [1.29, 1.82) is 0 Å². The topological polar surface area (TPSA) is 77.1 Å². The molecular weight excluding hydrogens is 224 g/mol. The predicted molar refractivity (Wildman–Crippen MR) is 49.7 cm³/mol. The van der Waals surface area contributed by atoms with Gasteiger partial charge in [0.25, 0.3) is 0 Å². The molecule has 1 fully saturated rings. The smallest absolute Gasteiger partial charge is 0.440 e. The van der Waals surface area contributed by atoms with Crippen molar-refractivity contribution in [3.63, 3.8) is 0 Å². The molecule has 1 aromatic carbocycles. The zero-order chi connectivity index (χ0) is 10.9. The fourth-order valence-corrected chi connectivity index (χ4v) is 1.57. The van der Waals surface area contributed by atoms with E-state index >= 15 is 0 Å². The molecule has 8 heteroatoms. The Hall–Kier alpha value is -1.35. The van der Waals surface area contributed by atoms with Crippen molar-refractivity contribution < 1.29 is 21.7 Å². The van der Waals surface area contributed by atoms with Gasteiger partial charge in [0.2, 0.25) is 0 Å². The van der Waals surface area contributed by atoms with E-state index in [2.05, 4.69) is 14.2 Å². The summed E-state index contributed by atoms with van der Waals surface area (Å²) in [7, 11) is -2.55. The third-order valence-electron chi connectivity index (χ3n) is 1.69. The van der Waals surface area contributed by atoms with Gasteiger partial charge in [0.05, 0.1) is 7.11 Å². The van der Waals surface area contributed by atoms with Gasteiger partial charge in [0.1, 0.15) is 11.4 Å². The normalized spacial score (nSPS) is 19.1.